The first-order chi connectivity index (χ1) is 11.8. The number of esters is 1. The summed E-state index contributed by atoms with van der Waals surface area (Å²) >= 11 is 0. The van der Waals surface area contributed by atoms with Crippen molar-refractivity contribution < 1.29 is 22.7 Å². The summed E-state index contributed by atoms with van der Waals surface area (Å²) in [6.45, 7) is 3.52. The fourth-order valence-electron chi connectivity index (χ4n) is 2.86. The van der Waals surface area contributed by atoms with Crippen LogP contribution in [0.15, 0.2) is 29.2 Å². The number of piperidine rings is 1. The molecule has 1 heterocycles. The highest BCUT2D eigenvalue weighted by molar-refractivity contribution is 7.90. The number of nitrogens with zero attached hydrogens (tertiary/aromatic N) is 1. The van der Waals surface area contributed by atoms with Crippen LogP contribution >= 0.6 is 0 Å². The number of hydrogen-bond donors (Lipinski definition) is 1. The highest BCUT2D eigenvalue weighted by atomic mass is 32.2. The van der Waals surface area contributed by atoms with Gasteiger partial charge in [0, 0.05) is 18.5 Å². The molecule has 1 N–H and O–H groups in total. The minimum absolute atomic E-state index is 0.152. The lowest BCUT2D eigenvalue weighted by molar-refractivity contribution is -0.150. The summed E-state index contributed by atoms with van der Waals surface area (Å²) in [7, 11) is -3.32. The molecule has 1 fully saturated rings. The molecule has 1 aromatic rings. The van der Waals surface area contributed by atoms with Crippen molar-refractivity contribution in [3.63, 3.8) is 0 Å². The fraction of sp³-hybridized carbons (Fsp3) is 0.529. The number of anilines is 1. The number of carbonyl (C=O) groups is 2. The molecule has 0 radical (unpaired) electrons. The summed E-state index contributed by atoms with van der Waals surface area (Å²) in [6.07, 6.45) is 2.73. The van der Waals surface area contributed by atoms with E-state index in [1.165, 1.54) is 12.1 Å². The molecule has 25 heavy (non-hydrogen) atoms. The van der Waals surface area contributed by atoms with Gasteiger partial charge in [-0.3, -0.25) is 14.5 Å². The second-order valence-electron chi connectivity index (χ2n) is 6.17. The van der Waals surface area contributed by atoms with Gasteiger partial charge in [-0.05, 0) is 44.5 Å². The summed E-state index contributed by atoms with van der Waals surface area (Å²) in [5, 5.41) is 2.71. The first-order valence-electron chi connectivity index (χ1n) is 8.28. The number of amides is 1. The molecule has 2 rings (SSSR count). The van der Waals surface area contributed by atoms with Gasteiger partial charge < -0.3 is 10.1 Å². The van der Waals surface area contributed by atoms with Crippen LogP contribution in [0, 0.1) is 5.92 Å². The van der Waals surface area contributed by atoms with Gasteiger partial charge in [0.2, 0.25) is 5.91 Å². The minimum Gasteiger partial charge on any atom is -0.466 e. The van der Waals surface area contributed by atoms with Gasteiger partial charge in [-0.25, -0.2) is 8.42 Å². The highest BCUT2D eigenvalue weighted by Gasteiger charge is 2.27. The number of hydrogen-bond acceptors (Lipinski definition) is 6. The van der Waals surface area contributed by atoms with E-state index in [-0.39, 0.29) is 29.2 Å². The number of likely N-dealkylation sites (tertiary alicyclic amines) is 1. The summed E-state index contributed by atoms with van der Waals surface area (Å²) in [6, 6.07) is 6.15. The van der Waals surface area contributed by atoms with Crippen molar-refractivity contribution in [1.82, 2.24) is 4.90 Å². The molecule has 0 saturated carbocycles. The van der Waals surface area contributed by atoms with Gasteiger partial charge in [-0.2, -0.15) is 0 Å². The average molecular weight is 368 g/mol. The predicted molar refractivity (Wildman–Crippen MR) is 94.0 cm³/mol. The molecule has 0 aliphatic carbocycles. The molecule has 1 saturated heterocycles. The number of carbonyl (C=O) groups excluding carboxylic acids is 2. The van der Waals surface area contributed by atoms with E-state index < -0.39 is 9.84 Å². The summed E-state index contributed by atoms with van der Waals surface area (Å²) < 4.78 is 28.2. The summed E-state index contributed by atoms with van der Waals surface area (Å²) in [5.41, 5.74) is 0.437. The van der Waals surface area contributed by atoms with Gasteiger partial charge in [0.15, 0.2) is 9.84 Å². The molecule has 0 bridgehead atoms. The quantitative estimate of drug-likeness (QED) is 0.761. The lowest BCUT2D eigenvalue weighted by Crippen LogP contribution is -2.43. The fourth-order valence-corrected chi connectivity index (χ4v) is 3.53. The van der Waals surface area contributed by atoms with Gasteiger partial charge >= 0.3 is 5.97 Å². The Morgan fingerprint density at radius 1 is 1.36 bits per heavy atom. The number of benzene rings is 1. The number of sulfone groups is 1. The molecule has 0 aromatic heterocycles. The zero-order valence-electron chi connectivity index (χ0n) is 14.5. The van der Waals surface area contributed by atoms with Gasteiger partial charge in [0.1, 0.15) is 0 Å². The Hall–Kier alpha value is -1.93. The molecule has 1 aromatic carbocycles. The Balaban J connectivity index is 1.93. The van der Waals surface area contributed by atoms with Crippen LogP contribution in [0.2, 0.25) is 0 Å². The van der Waals surface area contributed by atoms with E-state index in [1.807, 2.05) is 4.90 Å². The van der Waals surface area contributed by atoms with E-state index >= 15 is 0 Å². The van der Waals surface area contributed by atoms with Crippen LogP contribution in [0.1, 0.15) is 19.8 Å². The van der Waals surface area contributed by atoms with E-state index in [0.717, 1.165) is 25.6 Å². The first-order valence-corrected chi connectivity index (χ1v) is 10.2. The molecular formula is C17H24N2O5S. The van der Waals surface area contributed by atoms with Crippen LogP contribution in [-0.2, 0) is 24.2 Å². The second kappa shape index (κ2) is 8.44. The maximum Gasteiger partial charge on any atom is 0.310 e. The summed E-state index contributed by atoms with van der Waals surface area (Å²) in [4.78, 5) is 26.1. The molecule has 0 unspecified atom stereocenters. The highest BCUT2D eigenvalue weighted by Crippen LogP contribution is 2.19. The Labute approximate surface area is 148 Å². The van der Waals surface area contributed by atoms with Gasteiger partial charge in [-0.1, -0.05) is 6.07 Å². The van der Waals surface area contributed by atoms with Gasteiger partial charge in [-0.15, -0.1) is 0 Å². The van der Waals surface area contributed by atoms with Crippen molar-refractivity contribution in [3.05, 3.63) is 24.3 Å². The standard InChI is InChI=1S/C17H24N2O5S/c1-3-24-17(21)13-6-5-9-19(11-13)12-16(20)18-14-7-4-8-15(10-14)25(2,22)23/h4,7-8,10,13H,3,5-6,9,11-12H2,1-2H3,(H,18,20)/t13-/m0/s1. The molecule has 8 heteroatoms. The maximum atomic E-state index is 12.2. The Kier molecular flexibility index (Phi) is 6.55. The van der Waals surface area contributed by atoms with E-state index in [9.17, 15) is 18.0 Å². The van der Waals surface area contributed by atoms with Gasteiger partial charge in [0.25, 0.3) is 0 Å². The van der Waals surface area contributed by atoms with Crippen LogP contribution in [0.5, 0.6) is 0 Å². The Morgan fingerprint density at radius 2 is 2.12 bits per heavy atom. The van der Waals surface area contributed by atoms with E-state index in [1.54, 1.807) is 19.1 Å². The molecule has 1 atom stereocenters. The first kappa shape index (κ1) is 19.4. The molecule has 138 valence electrons. The Morgan fingerprint density at radius 3 is 2.80 bits per heavy atom. The lowest BCUT2D eigenvalue weighted by atomic mass is 9.98. The molecule has 0 spiro atoms. The minimum atomic E-state index is -3.32. The number of ether oxygens (including phenoxy) is 1. The van der Waals surface area contributed by atoms with Crippen molar-refractivity contribution in [1.29, 1.82) is 0 Å². The van der Waals surface area contributed by atoms with Crippen LogP contribution in [0.4, 0.5) is 5.69 Å². The van der Waals surface area contributed by atoms with Crippen molar-refractivity contribution in [2.45, 2.75) is 24.7 Å². The zero-order chi connectivity index (χ0) is 18.4. The number of nitrogens with one attached hydrogen (secondary N) is 1. The third kappa shape index (κ3) is 5.82. The third-order valence-electron chi connectivity index (χ3n) is 4.04. The van der Waals surface area contributed by atoms with Crippen molar-refractivity contribution in [3.8, 4) is 0 Å². The van der Waals surface area contributed by atoms with Crippen LogP contribution < -0.4 is 5.32 Å². The van der Waals surface area contributed by atoms with Crippen LogP contribution in [0.25, 0.3) is 0 Å². The second-order valence-corrected chi connectivity index (χ2v) is 8.19. The normalized spacial score (nSPS) is 18.6. The maximum absolute atomic E-state index is 12.2. The lowest BCUT2D eigenvalue weighted by Gasteiger charge is -2.30. The molecule has 1 aliphatic rings. The van der Waals surface area contributed by atoms with E-state index in [0.29, 0.717) is 18.8 Å². The Bertz CT molecular complexity index is 732. The smallest absolute Gasteiger partial charge is 0.310 e. The van der Waals surface area contributed by atoms with Crippen LogP contribution in [0.3, 0.4) is 0 Å². The van der Waals surface area contributed by atoms with Crippen LogP contribution in [-0.4, -0.2) is 57.7 Å². The SMILES string of the molecule is CCOC(=O)[C@H]1CCCN(CC(=O)Nc2cccc(S(C)(=O)=O)c2)C1. The third-order valence-corrected chi connectivity index (χ3v) is 5.15. The topological polar surface area (TPSA) is 92.8 Å². The largest absolute Gasteiger partial charge is 0.466 e. The molecule has 1 amide bonds. The zero-order valence-corrected chi connectivity index (χ0v) is 15.3. The van der Waals surface area contributed by atoms with E-state index in [2.05, 4.69) is 5.32 Å². The monoisotopic (exact) mass is 368 g/mol. The van der Waals surface area contributed by atoms with E-state index in [4.69, 9.17) is 4.74 Å². The molecule has 1 aliphatic heterocycles. The van der Waals surface area contributed by atoms with Crippen molar-refractivity contribution in [2.24, 2.45) is 5.92 Å². The number of rotatable bonds is 6. The molecular weight excluding hydrogens is 344 g/mol. The average Bonchev–Trinajstić information content (AvgIpc) is 2.54. The van der Waals surface area contributed by atoms with Crippen molar-refractivity contribution in [2.75, 3.05) is 37.8 Å². The predicted octanol–water partition coefficient (Wildman–Crippen LogP) is 1.30. The van der Waals surface area contributed by atoms with Gasteiger partial charge in [0.05, 0.1) is 24.0 Å². The molecule has 7 nitrogen and oxygen atoms in total. The van der Waals surface area contributed by atoms with Crippen molar-refractivity contribution >= 4 is 27.4 Å². The summed E-state index contributed by atoms with van der Waals surface area (Å²) in [5.74, 6) is -0.654.